The van der Waals surface area contributed by atoms with Crippen molar-refractivity contribution in [3.8, 4) is 11.5 Å². The maximum Gasteiger partial charge on any atom is 0.237 e. The number of nitrogens with zero attached hydrogens (tertiary/aromatic N) is 1. The van der Waals surface area contributed by atoms with Gasteiger partial charge < -0.3 is 20.8 Å². The van der Waals surface area contributed by atoms with Crippen LogP contribution in [0.25, 0.3) is 11.0 Å². The van der Waals surface area contributed by atoms with Gasteiger partial charge in [0.25, 0.3) is 0 Å². The molecule has 0 spiro atoms. The van der Waals surface area contributed by atoms with Crippen LogP contribution in [0.1, 0.15) is 43.2 Å². The number of H-pyrrole nitrogens is 1. The largest absolute Gasteiger partial charge is 0.457 e. The highest BCUT2D eigenvalue weighted by molar-refractivity contribution is 5.86. The van der Waals surface area contributed by atoms with Crippen LogP contribution in [0.3, 0.4) is 0 Å². The molecule has 2 heterocycles. The fourth-order valence-electron chi connectivity index (χ4n) is 3.99. The first-order valence-corrected chi connectivity index (χ1v) is 10.4. The van der Waals surface area contributed by atoms with Gasteiger partial charge in [-0.1, -0.05) is 31.4 Å². The lowest BCUT2D eigenvalue weighted by molar-refractivity contribution is -0.123. The molecule has 1 saturated carbocycles. The quantitative estimate of drug-likeness (QED) is 0.591. The molecule has 2 aromatic heterocycles. The summed E-state index contributed by atoms with van der Waals surface area (Å²) in [5.74, 6) is 1.45. The van der Waals surface area contributed by atoms with Gasteiger partial charge in [0.15, 0.2) is 0 Å². The third kappa shape index (κ3) is 4.59. The molecule has 0 unspecified atom stereocenters. The second-order valence-corrected chi connectivity index (χ2v) is 7.90. The molecule has 4 N–H and O–H groups in total. The molecule has 29 heavy (non-hydrogen) atoms. The van der Waals surface area contributed by atoms with Gasteiger partial charge in [-0.3, -0.25) is 4.79 Å². The maximum atomic E-state index is 12.4. The van der Waals surface area contributed by atoms with Gasteiger partial charge in [0.05, 0.1) is 11.4 Å². The number of amides is 1. The summed E-state index contributed by atoms with van der Waals surface area (Å²) in [5, 5.41) is 4.09. The van der Waals surface area contributed by atoms with Crippen LogP contribution in [0.15, 0.2) is 42.7 Å². The molecule has 0 bridgehead atoms. The molecule has 0 aliphatic heterocycles. The lowest BCUT2D eigenvalue weighted by Gasteiger charge is -2.24. The van der Waals surface area contributed by atoms with Gasteiger partial charge in [-0.25, -0.2) is 4.98 Å². The first-order valence-electron chi connectivity index (χ1n) is 10.4. The molecule has 1 amide bonds. The van der Waals surface area contributed by atoms with E-state index in [-0.39, 0.29) is 11.9 Å². The summed E-state index contributed by atoms with van der Waals surface area (Å²) in [5.41, 5.74) is 9.06. The Morgan fingerprint density at radius 1 is 1.24 bits per heavy atom. The number of carbonyl (C=O) groups excluding carboxylic acids is 1. The van der Waals surface area contributed by atoms with Crippen LogP contribution in [0, 0.1) is 6.92 Å². The fraction of sp³-hybridized carbons (Fsp3) is 0.391. The summed E-state index contributed by atoms with van der Waals surface area (Å²) >= 11 is 0. The van der Waals surface area contributed by atoms with Crippen LogP contribution in [0.5, 0.6) is 11.5 Å². The SMILES string of the molecule is Cc1c[nH]c2nccc(Oc3ccc(C[C@@H](N)C(=O)NC4CCCCC4)cc3)c12. The third-order valence-corrected chi connectivity index (χ3v) is 5.63. The summed E-state index contributed by atoms with van der Waals surface area (Å²) in [6, 6.07) is 9.36. The van der Waals surface area contributed by atoms with Crippen LogP contribution in [0.4, 0.5) is 0 Å². The number of hydrogen-bond acceptors (Lipinski definition) is 4. The van der Waals surface area contributed by atoms with Gasteiger partial charge >= 0.3 is 0 Å². The number of aromatic nitrogens is 2. The minimum Gasteiger partial charge on any atom is -0.457 e. The fourth-order valence-corrected chi connectivity index (χ4v) is 3.99. The summed E-state index contributed by atoms with van der Waals surface area (Å²) in [7, 11) is 0. The lowest BCUT2D eigenvalue weighted by atomic mass is 9.95. The van der Waals surface area contributed by atoms with Crippen molar-refractivity contribution in [2.24, 2.45) is 5.73 Å². The number of nitrogens with one attached hydrogen (secondary N) is 2. The highest BCUT2D eigenvalue weighted by atomic mass is 16.5. The van der Waals surface area contributed by atoms with Crippen LogP contribution >= 0.6 is 0 Å². The van der Waals surface area contributed by atoms with Crippen molar-refractivity contribution in [2.45, 2.75) is 57.5 Å². The van der Waals surface area contributed by atoms with Gasteiger partial charge in [0.1, 0.15) is 17.1 Å². The highest BCUT2D eigenvalue weighted by Gasteiger charge is 2.20. The smallest absolute Gasteiger partial charge is 0.237 e. The van der Waals surface area contributed by atoms with Crippen LogP contribution in [-0.2, 0) is 11.2 Å². The number of ether oxygens (including phenoxy) is 1. The summed E-state index contributed by atoms with van der Waals surface area (Å²) < 4.78 is 6.07. The van der Waals surface area contributed by atoms with E-state index in [1.807, 2.05) is 43.5 Å². The zero-order valence-electron chi connectivity index (χ0n) is 16.8. The minimum absolute atomic E-state index is 0.0562. The molecule has 0 radical (unpaired) electrons. The van der Waals surface area contributed by atoms with E-state index >= 15 is 0 Å². The molecule has 1 aliphatic carbocycles. The number of benzene rings is 1. The molecule has 3 aromatic rings. The van der Waals surface area contributed by atoms with E-state index in [1.165, 1.54) is 19.3 Å². The normalized spacial score (nSPS) is 15.9. The summed E-state index contributed by atoms with van der Waals surface area (Å²) in [6.07, 6.45) is 9.93. The van der Waals surface area contributed by atoms with Gasteiger partial charge in [-0.2, -0.15) is 0 Å². The van der Waals surface area contributed by atoms with Gasteiger partial charge in [0, 0.05) is 18.4 Å². The van der Waals surface area contributed by atoms with Gasteiger partial charge in [-0.15, -0.1) is 0 Å². The van der Waals surface area contributed by atoms with Crippen molar-refractivity contribution in [3.05, 3.63) is 53.9 Å². The topological polar surface area (TPSA) is 93.0 Å². The van der Waals surface area contributed by atoms with Gasteiger partial charge in [-0.05, 0) is 55.5 Å². The van der Waals surface area contributed by atoms with E-state index in [0.29, 0.717) is 6.42 Å². The second kappa shape index (κ2) is 8.66. The number of aromatic amines is 1. The summed E-state index contributed by atoms with van der Waals surface area (Å²) in [4.78, 5) is 19.8. The first-order chi connectivity index (χ1) is 14.1. The van der Waals surface area contributed by atoms with Crippen molar-refractivity contribution in [1.82, 2.24) is 15.3 Å². The Morgan fingerprint density at radius 2 is 2.00 bits per heavy atom. The monoisotopic (exact) mass is 392 g/mol. The maximum absolute atomic E-state index is 12.4. The van der Waals surface area contributed by atoms with E-state index in [9.17, 15) is 4.79 Å². The Kier molecular flexibility index (Phi) is 5.81. The van der Waals surface area contributed by atoms with E-state index in [4.69, 9.17) is 10.5 Å². The third-order valence-electron chi connectivity index (χ3n) is 5.63. The number of hydrogen-bond donors (Lipinski definition) is 3. The number of rotatable bonds is 6. The Labute approximate surface area is 170 Å². The average Bonchev–Trinajstić information content (AvgIpc) is 3.12. The number of pyridine rings is 1. The van der Waals surface area contributed by atoms with E-state index in [1.54, 1.807) is 6.20 Å². The molecule has 6 heteroatoms. The number of aryl methyl sites for hydroxylation is 1. The standard InChI is InChI=1S/C23H28N4O2/c1-15-14-26-22-21(15)20(11-12-25-22)29-18-9-7-16(8-10-18)13-19(24)23(28)27-17-5-3-2-4-6-17/h7-12,14,17,19H,2-6,13,24H2,1H3,(H,25,26)(H,27,28)/t19-/m1/s1. The second-order valence-electron chi connectivity index (χ2n) is 7.90. The molecule has 1 atom stereocenters. The van der Waals surface area contributed by atoms with E-state index < -0.39 is 6.04 Å². The molecule has 0 saturated heterocycles. The lowest BCUT2D eigenvalue weighted by Crippen LogP contribution is -2.46. The van der Waals surface area contributed by atoms with Crippen molar-refractivity contribution < 1.29 is 9.53 Å². The predicted molar refractivity (Wildman–Crippen MR) is 114 cm³/mol. The molecular weight excluding hydrogens is 364 g/mol. The molecule has 1 aromatic carbocycles. The molecule has 152 valence electrons. The minimum atomic E-state index is -0.536. The summed E-state index contributed by atoms with van der Waals surface area (Å²) in [6.45, 7) is 2.02. The van der Waals surface area contributed by atoms with Crippen LogP contribution in [-0.4, -0.2) is 28.0 Å². The zero-order valence-corrected chi connectivity index (χ0v) is 16.8. The Balaban J connectivity index is 1.37. The first kappa shape index (κ1) is 19.5. The molecule has 1 fully saturated rings. The van der Waals surface area contributed by atoms with E-state index in [0.717, 1.165) is 46.5 Å². The van der Waals surface area contributed by atoms with Crippen molar-refractivity contribution in [1.29, 1.82) is 0 Å². The Bertz CT molecular complexity index is 974. The zero-order chi connectivity index (χ0) is 20.2. The molecule has 1 aliphatic rings. The molecule has 6 nitrogen and oxygen atoms in total. The average molecular weight is 393 g/mol. The molecular formula is C23H28N4O2. The number of nitrogens with two attached hydrogens (primary N) is 1. The molecule has 4 rings (SSSR count). The highest BCUT2D eigenvalue weighted by Crippen LogP contribution is 2.31. The Morgan fingerprint density at radius 3 is 2.76 bits per heavy atom. The number of fused-ring (bicyclic) bond motifs is 1. The van der Waals surface area contributed by atoms with Crippen LogP contribution < -0.4 is 15.8 Å². The van der Waals surface area contributed by atoms with Crippen molar-refractivity contribution in [2.75, 3.05) is 0 Å². The Hall–Kier alpha value is -2.86. The number of carbonyl (C=O) groups is 1. The van der Waals surface area contributed by atoms with Crippen molar-refractivity contribution >= 4 is 16.9 Å². The predicted octanol–water partition coefficient (Wildman–Crippen LogP) is 3.98. The van der Waals surface area contributed by atoms with Crippen molar-refractivity contribution in [3.63, 3.8) is 0 Å². The van der Waals surface area contributed by atoms with Gasteiger partial charge in [0.2, 0.25) is 5.91 Å². The van der Waals surface area contributed by atoms with Crippen LogP contribution in [0.2, 0.25) is 0 Å². The van der Waals surface area contributed by atoms with E-state index in [2.05, 4.69) is 15.3 Å².